The summed E-state index contributed by atoms with van der Waals surface area (Å²) in [6.07, 6.45) is -0.668. The van der Waals surface area contributed by atoms with Crippen LogP contribution in [0.15, 0.2) is 29.2 Å². The fraction of sp³-hybridized carbons (Fsp3) is 0.455. The van der Waals surface area contributed by atoms with Crippen LogP contribution < -0.4 is 0 Å². The maximum atomic E-state index is 13.4. The lowest BCUT2D eigenvalue weighted by Crippen LogP contribution is -2.31. The molecule has 1 N–H and O–H groups in total. The minimum atomic E-state index is -3.81. The lowest BCUT2D eigenvalue weighted by Gasteiger charge is -2.18. The van der Waals surface area contributed by atoms with E-state index in [9.17, 15) is 17.9 Å². The minimum absolute atomic E-state index is 0.314. The van der Waals surface area contributed by atoms with Gasteiger partial charge in [0.05, 0.1) is 11.4 Å². The third-order valence-electron chi connectivity index (χ3n) is 2.59. The molecule has 0 amide bonds. The van der Waals surface area contributed by atoms with Crippen LogP contribution in [0.4, 0.5) is 4.39 Å². The van der Waals surface area contributed by atoms with Crippen LogP contribution in [0.3, 0.4) is 0 Å². The molecule has 0 heterocycles. The second-order valence-corrected chi connectivity index (χ2v) is 5.93. The van der Waals surface area contributed by atoms with E-state index in [0.717, 1.165) is 6.07 Å². The zero-order valence-corrected chi connectivity index (χ0v) is 10.0. The van der Waals surface area contributed by atoms with Crippen molar-refractivity contribution in [3.8, 4) is 0 Å². The smallest absolute Gasteiger partial charge is 0.186 e. The molecule has 0 aliphatic carbocycles. The molecule has 0 fully saturated rings. The van der Waals surface area contributed by atoms with Crippen LogP contribution in [0.1, 0.15) is 20.3 Å². The Bertz CT molecular complexity index is 456. The van der Waals surface area contributed by atoms with Crippen molar-refractivity contribution < 1.29 is 17.9 Å². The van der Waals surface area contributed by atoms with Gasteiger partial charge in [-0.05, 0) is 25.5 Å². The topological polar surface area (TPSA) is 54.4 Å². The first kappa shape index (κ1) is 13.1. The van der Waals surface area contributed by atoms with E-state index in [2.05, 4.69) is 0 Å². The predicted octanol–water partition coefficient (Wildman–Crippen LogP) is 1.76. The first-order valence-electron chi connectivity index (χ1n) is 5.07. The monoisotopic (exact) mass is 246 g/mol. The van der Waals surface area contributed by atoms with Crippen LogP contribution in [0.2, 0.25) is 0 Å². The second-order valence-electron chi connectivity index (χ2n) is 3.66. The van der Waals surface area contributed by atoms with Crippen molar-refractivity contribution in [1.82, 2.24) is 0 Å². The summed E-state index contributed by atoms with van der Waals surface area (Å²) in [5, 5.41) is 8.51. The molecule has 0 aliphatic heterocycles. The lowest BCUT2D eigenvalue weighted by molar-refractivity contribution is 0.168. The Balaban J connectivity index is 3.17. The first-order chi connectivity index (χ1) is 7.41. The van der Waals surface area contributed by atoms with Gasteiger partial charge in [-0.3, -0.25) is 0 Å². The first-order valence-corrected chi connectivity index (χ1v) is 6.62. The van der Waals surface area contributed by atoms with Crippen LogP contribution >= 0.6 is 0 Å². The zero-order valence-electron chi connectivity index (χ0n) is 9.22. The molecule has 16 heavy (non-hydrogen) atoms. The highest BCUT2D eigenvalue weighted by Gasteiger charge is 2.30. The molecule has 2 unspecified atom stereocenters. The number of hydrogen-bond donors (Lipinski definition) is 1. The molecule has 0 bridgehead atoms. The second kappa shape index (κ2) is 4.93. The minimum Gasteiger partial charge on any atom is -0.392 e. The molecule has 1 aromatic carbocycles. The van der Waals surface area contributed by atoms with Crippen molar-refractivity contribution in [3.63, 3.8) is 0 Å². The molecule has 0 radical (unpaired) electrons. The van der Waals surface area contributed by atoms with E-state index < -0.39 is 27.0 Å². The Morgan fingerprint density at radius 2 is 1.94 bits per heavy atom. The number of rotatable bonds is 4. The van der Waals surface area contributed by atoms with Gasteiger partial charge >= 0.3 is 0 Å². The third-order valence-corrected chi connectivity index (χ3v) is 4.83. The molecule has 0 aliphatic rings. The van der Waals surface area contributed by atoms with Crippen LogP contribution in [0.25, 0.3) is 0 Å². The summed E-state index contributed by atoms with van der Waals surface area (Å²) >= 11 is 0. The van der Waals surface area contributed by atoms with E-state index in [1.54, 1.807) is 6.92 Å². The highest BCUT2D eigenvalue weighted by molar-refractivity contribution is 7.92. The van der Waals surface area contributed by atoms with Crippen LogP contribution in [0, 0.1) is 5.82 Å². The largest absolute Gasteiger partial charge is 0.392 e. The SMILES string of the molecule is CCC(O)C(C)S(=O)(=O)c1ccccc1F. The molecule has 90 valence electrons. The van der Waals surface area contributed by atoms with Gasteiger partial charge in [0.15, 0.2) is 9.84 Å². The molecular weight excluding hydrogens is 231 g/mol. The Labute approximate surface area is 94.8 Å². The molecule has 2 atom stereocenters. The van der Waals surface area contributed by atoms with E-state index in [1.807, 2.05) is 0 Å². The van der Waals surface area contributed by atoms with Gasteiger partial charge < -0.3 is 5.11 Å². The van der Waals surface area contributed by atoms with Gasteiger partial charge in [0.1, 0.15) is 10.7 Å². The van der Waals surface area contributed by atoms with Crippen LogP contribution in [0.5, 0.6) is 0 Å². The Morgan fingerprint density at radius 3 is 2.44 bits per heavy atom. The Hall–Kier alpha value is -0.940. The maximum Gasteiger partial charge on any atom is 0.186 e. The number of aliphatic hydroxyl groups excluding tert-OH is 1. The summed E-state index contributed by atoms with van der Waals surface area (Å²) in [6.45, 7) is 3.06. The van der Waals surface area contributed by atoms with Gasteiger partial charge in [-0.25, -0.2) is 12.8 Å². The summed E-state index contributed by atoms with van der Waals surface area (Å²) in [7, 11) is -3.81. The molecule has 1 aromatic rings. The average Bonchev–Trinajstić information content (AvgIpc) is 2.27. The van der Waals surface area contributed by atoms with Crippen molar-refractivity contribution in [3.05, 3.63) is 30.1 Å². The Kier molecular flexibility index (Phi) is 4.04. The van der Waals surface area contributed by atoms with Gasteiger partial charge in [-0.15, -0.1) is 0 Å². The fourth-order valence-electron chi connectivity index (χ4n) is 1.41. The van der Waals surface area contributed by atoms with Gasteiger partial charge in [0, 0.05) is 0 Å². The van der Waals surface area contributed by atoms with Gasteiger partial charge in [0.25, 0.3) is 0 Å². The normalized spacial score (nSPS) is 15.8. The number of halogens is 1. The molecule has 0 aromatic heterocycles. The molecule has 0 spiro atoms. The molecular formula is C11H15FO3S. The van der Waals surface area contributed by atoms with Crippen molar-refractivity contribution >= 4 is 9.84 Å². The quantitative estimate of drug-likeness (QED) is 0.880. The predicted molar refractivity (Wildman–Crippen MR) is 59.3 cm³/mol. The highest BCUT2D eigenvalue weighted by Crippen LogP contribution is 2.21. The number of sulfone groups is 1. The summed E-state index contributed by atoms with van der Waals surface area (Å²) in [5.41, 5.74) is 0. The summed E-state index contributed by atoms with van der Waals surface area (Å²) in [4.78, 5) is -0.352. The summed E-state index contributed by atoms with van der Waals surface area (Å²) < 4.78 is 37.3. The van der Waals surface area contributed by atoms with E-state index in [-0.39, 0.29) is 4.90 Å². The third kappa shape index (κ3) is 2.41. The molecule has 3 nitrogen and oxygen atoms in total. The number of benzene rings is 1. The van der Waals surface area contributed by atoms with Gasteiger partial charge in [0.2, 0.25) is 0 Å². The molecule has 0 saturated carbocycles. The van der Waals surface area contributed by atoms with E-state index in [4.69, 9.17) is 0 Å². The van der Waals surface area contributed by atoms with Crippen LogP contribution in [-0.2, 0) is 9.84 Å². The lowest BCUT2D eigenvalue weighted by atomic mass is 10.2. The average molecular weight is 246 g/mol. The van der Waals surface area contributed by atoms with Gasteiger partial charge in [-0.2, -0.15) is 0 Å². The molecule has 1 rings (SSSR count). The highest BCUT2D eigenvalue weighted by atomic mass is 32.2. The zero-order chi connectivity index (χ0) is 12.3. The molecule has 0 saturated heterocycles. The van der Waals surface area contributed by atoms with Crippen molar-refractivity contribution in [2.45, 2.75) is 36.5 Å². The number of aliphatic hydroxyl groups is 1. The van der Waals surface area contributed by atoms with Crippen molar-refractivity contribution in [2.75, 3.05) is 0 Å². The van der Waals surface area contributed by atoms with Crippen molar-refractivity contribution in [2.24, 2.45) is 0 Å². The standard InChI is InChI=1S/C11H15FO3S/c1-3-10(13)8(2)16(14,15)11-7-5-4-6-9(11)12/h4-8,10,13H,3H2,1-2H3. The van der Waals surface area contributed by atoms with E-state index in [1.165, 1.54) is 25.1 Å². The van der Waals surface area contributed by atoms with Crippen molar-refractivity contribution in [1.29, 1.82) is 0 Å². The van der Waals surface area contributed by atoms with Crippen LogP contribution in [-0.4, -0.2) is 24.9 Å². The van der Waals surface area contributed by atoms with E-state index in [0.29, 0.717) is 6.42 Å². The Morgan fingerprint density at radius 1 is 1.38 bits per heavy atom. The maximum absolute atomic E-state index is 13.4. The fourth-order valence-corrected chi connectivity index (χ4v) is 3.03. The number of hydrogen-bond acceptors (Lipinski definition) is 3. The van der Waals surface area contributed by atoms with E-state index >= 15 is 0 Å². The van der Waals surface area contributed by atoms with Gasteiger partial charge in [-0.1, -0.05) is 19.1 Å². The molecule has 5 heteroatoms. The summed E-state index contributed by atoms with van der Waals surface area (Å²) in [5.74, 6) is -0.780. The summed E-state index contributed by atoms with van der Waals surface area (Å²) in [6, 6.07) is 5.19.